The number of phenolic OH excluding ortho intramolecular Hbond substituents is 1. The Balaban J connectivity index is 2.20. The lowest BCUT2D eigenvalue weighted by Crippen LogP contribution is -1.89. The number of ether oxygens (including phenoxy) is 1. The van der Waals surface area contributed by atoms with Crippen LogP contribution in [-0.4, -0.2) is 22.0 Å². The van der Waals surface area contributed by atoms with Gasteiger partial charge in [-0.15, -0.1) is 0 Å². The zero-order valence-corrected chi connectivity index (χ0v) is 10.8. The van der Waals surface area contributed by atoms with Gasteiger partial charge in [-0.3, -0.25) is 4.68 Å². The largest absolute Gasteiger partial charge is 0.508 e. The van der Waals surface area contributed by atoms with E-state index in [1.807, 2.05) is 42.1 Å². The van der Waals surface area contributed by atoms with Crippen LogP contribution >= 0.6 is 0 Å². The molecule has 19 heavy (non-hydrogen) atoms. The number of aromatic hydroxyl groups is 1. The minimum Gasteiger partial charge on any atom is -0.508 e. The average molecular weight is 254 g/mol. The molecule has 0 atom stereocenters. The molecule has 0 radical (unpaired) electrons. The lowest BCUT2D eigenvalue weighted by atomic mass is 10.1. The van der Waals surface area contributed by atoms with Gasteiger partial charge in [0.1, 0.15) is 17.2 Å². The van der Waals surface area contributed by atoms with Crippen molar-refractivity contribution in [3.63, 3.8) is 0 Å². The molecule has 1 heterocycles. The molecule has 1 N–H and O–H groups in total. The zero-order valence-electron chi connectivity index (χ0n) is 10.8. The summed E-state index contributed by atoms with van der Waals surface area (Å²) in [6.45, 7) is 0. The first-order valence-corrected chi connectivity index (χ1v) is 5.99. The first-order valence-electron chi connectivity index (χ1n) is 5.99. The van der Waals surface area contributed by atoms with Crippen LogP contribution < -0.4 is 4.74 Å². The van der Waals surface area contributed by atoms with E-state index >= 15 is 0 Å². The molecule has 4 nitrogen and oxygen atoms in total. The Morgan fingerprint density at radius 2 is 1.84 bits per heavy atom. The Hall–Kier alpha value is -2.49. The fourth-order valence-electron chi connectivity index (χ4n) is 2.22. The second-order valence-corrected chi connectivity index (χ2v) is 4.40. The van der Waals surface area contributed by atoms with Crippen molar-refractivity contribution in [2.45, 2.75) is 0 Å². The topological polar surface area (TPSA) is 47.3 Å². The minimum absolute atomic E-state index is 0.246. The van der Waals surface area contributed by atoms with Crippen LogP contribution in [-0.2, 0) is 7.05 Å². The Morgan fingerprint density at radius 1 is 1.11 bits per heavy atom. The smallest absolute Gasteiger partial charge is 0.118 e. The molecule has 0 aliphatic heterocycles. The highest BCUT2D eigenvalue weighted by atomic mass is 16.5. The summed E-state index contributed by atoms with van der Waals surface area (Å²) < 4.78 is 6.97. The first kappa shape index (κ1) is 11.6. The third-order valence-corrected chi connectivity index (χ3v) is 3.20. The number of phenols is 1. The van der Waals surface area contributed by atoms with Crippen molar-refractivity contribution < 1.29 is 9.84 Å². The number of hydrogen-bond acceptors (Lipinski definition) is 3. The Morgan fingerprint density at radius 3 is 2.53 bits per heavy atom. The van der Waals surface area contributed by atoms with E-state index in [-0.39, 0.29) is 5.75 Å². The van der Waals surface area contributed by atoms with Crippen molar-refractivity contribution >= 4 is 10.9 Å². The van der Waals surface area contributed by atoms with Gasteiger partial charge in [0.25, 0.3) is 0 Å². The number of aryl methyl sites for hydroxylation is 1. The summed E-state index contributed by atoms with van der Waals surface area (Å²) in [5, 5.41) is 15.1. The molecular weight excluding hydrogens is 240 g/mol. The molecule has 0 spiro atoms. The summed E-state index contributed by atoms with van der Waals surface area (Å²) in [7, 11) is 3.54. The SMILES string of the molecule is COc1ccc(-c2nn(C)c3ccc(O)cc23)cc1. The molecule has 1 aromatic heterocycles. The van der Waals surface area contributed by atoms with Crippen molar-refractivity contribution in [1.82, 2.24) is 9.78 Å². The molecule has 3 rings (SSSR count). The highest BCUT2D eigenvalue weighted by Gasteiger charge is 2.11. The molecule has 0 saturated heterocycles. The van der Waals surface area contributed by atoms with Crippen LogP contribution in [0.1, 0.15) is 0 Å². The van der Waals surface area contributed by atoms with E-state index in [1.54, 1.807) is 19.2 Å². The highest BCUT2D eigenvalue weighted by Crippen LogP contribution is 2.30. The van der Waals surface area contributed by atoms with Gasteiger partial charge in [0.2, 0.25) is 0 Å². The third kappa shape index (κ3) is 1.91. The van der Waals surface area contributed by atoms with Crippen LogP contribution in [0, 0.1) is 0 Å². The monoisotopic (exact) mass is 254 g/mol. The third-order valence-electron chi connectivity index (χ3n) is 3.20. The lowest BCUT2D eigenvalue weighted by molar-refractivity contribution is 0.415. The van der Waals surface area contributed by atoms with E-state index in [0.29, 0.717) is 0 Å². The van der Waals surface area contributed by atoms with Gasteiger partial charge < -0.3 is 9.84 Å². The predicted octanol–water partition coefficient (Wildman–Crippen LogP) is 2.95. The minimum atomic E-state index is 0.246. The summed E-state index contributed by atoms with van der Waals surface area (Å²) >= 11 is 0. The molecule has 0 unspecified atom stereocenters. The van der Waals surface area contributed by atoms with Gasteiger partial charge in [0.05, 0.1) is 12.6 Å². The van der Waals surface area contributed by atoms with Gasteiger partial charge in [-0.05, 0) is 42.5 Å². The fourth-order valence-corrected chi connectivity index (χ4v) is 2.22. The van der Waals surface area contributed by atoms with Crippen LogP contribution in [0.4, 0.5) is 0 Å². The zero-order chi connectivity index (χ0) is 13.4. The van der Waals surface area contributed by atoms with E-state index in [9.17, 15) is 5.11 Å². The highest BCUT2D eigenvalue weighted by molar-refractivity contribution is 5.94. The van der Waals surface area contributed by atoms with Crippen LogP contribution in [0.15, 0.2) is 42.5 Å². The lowest BCUT2D eigenvalue weighted by Gasteiger charge is -2.01. The number of hydrogen-bond donors (Lipinski definition) is 1. The van der Waals surface area contributed by atoms with Crippen LogP contribution in [0.3, 0.4) is 0 Å². The summed E-state index contributed by atoms with van der Waals surface area (Å²) in [5.41, 5.74) is 2.84. The molecule has 0 saturated carbocycles. The van der Waals surface area contributed by atoms with Crippen molar-refractivity contribution in [3.8, 4) is 22.8 Å². The maximum Gasteiger partial charge on any atom is 0.118 e. The molecule has 3 aromatic rings. The maximum absolute atomic E-state index is 9.64. The van der Waals surface area contributed by atoms with Gasteiger partial charge in [-0.1, -0.05) is 0 Å². The molecule has 0 aliphatic carbocycles. The van der Waals surface area contributed by atoms with Crippen LogP contribution in [0.5, 0.6) is 11.5 Å². The maximum atomic E-state index is 9.64. The number of nitrogens with zero attached hydrogens (tertiary/aromatic N) is 2. The van der Waals surface area contributed by atoms with E-state index in [2.05, 4.69) is 5.10 Å². The normalized spacial score (nSPS) is 10.8. The van der Waals surface area contributed by atoms with Crippen molar-refractivity contribution in [2.75, 3.05) is 7.11 Å². The molecular formula is C15H14N2O2. The van der Waals surface area contributed by atoms with E-state index in [4.69, 9.17) is 4.74 Å². The molecule has 0 bridgehead atoms. The Labute approximate surface area is 110 Å². The van der Waals surface area contributed by atoms with Gasteiger partial charge in [0.15, 0.2) is 0 Å². The van der Waals surface area contributed by atoms with Crippen LogP contribution in [0.25, 0.3) is 22.2 Å². The van der Waals surface area contributed by atoms with Crippen LogP contribution in [0.2, 0.25) is 0 Å². The van der Waals surface area contributed by atoms with Crippen molar-refractivity contribution in [2.24, 2.45) is 7.05 Å². The number of benzene rings is 2. The first-order chi connectivity index (χ1) is 9.19. The average Bonchev–Trinajstić information content (AvgIpc) is 2.75. The van der Waals surface area contributed by atoms with E-state index < -0.39 is 0 Å². The van der Waals surface area contributed by atoms with Gasteiger partial charge in [-0.2, -0.15) is 5.10 Å². The molecule has 4 heteroatoms. The predicted molar refractivity (Wildman–Crippen MR) is 74.4 cm³/mol. The van der Waals surface area contributed by atoms with Gasteiger partial charge in [0, 0.05) is 18.0 Å². The van der Waals surface area contributed by atoms with Crippen molar-refractivity contribution in [3.05, 3.63) is 42.5 Å². The quantitative estimate of drug-likeness (QED) is 0.764. The molecule has 2 aromatic carbocycles. The van der Waals surface area contributed by atoms with E-state index in [0.717, 1.165) is 27.9 Å². The number of methoxy groups -OCH3 is 1. The second kappa shape index (κ2) is 4.31. The van der Waals surface area contributed by atoms with Gasteiger partial charge in [-0.25, -0.2) is 0 Å². The molecule has 0 fully saturated rings. The van der Waals surface area contributed by atoms with E-state index in [1.165, 1.54) is 0 Å². The number of aromatic nitrogens is 2. The molecule has 0 amide bonds. The summed E-state index contributed by atoms with van der Waals surface area (Å²) in [6.07, 6.45) is 0. The Bertz CT molecular complexity index is 730. The fraction of sp³-hybridized carbons (Fsp3) is 0.133. The number of fused-ring (bicyclic) bond motifs is 1. The standard InChI is InChI=1S/C15H14N2O2/c1-17-14-8-5-11(18)9-13(14)15(16-17)10-3-6-12(19-2)7-4-10/h3-9,18H,1-2H3. The summed E-state index contributed by atoms with van der Waals surface area (Å²) in [5.74, 6) is 1.06. The molecule has 96 valence electrons. The summed E-state index contributed by atoms with van der Waals surface area (Å²) in [4.78, 5) is 0. The second-order valence-electron chi connectivity index (χ2n) is 4.40. The van der Waals surface area contributed by atoms with Crippen molar-refractivity contribution in [1.29, 1.82) is 0 Å². The molecule has 0 aliphatic rings. The van der Waals surface area contributed by atoms with Gasteiger partial charge >= 0.3 is 0 Å². The Kier molecular flexibility index (Phi) is 2.63. The number of rotatable bonds is 2. The summed E-state index contributed by atoms with van der Waals surface area (Å²) in [6, 6.07) is 13.0.